The Bertz CT molecular complexity index is 1370. The van der Waals surface area contributed by atoms with E-state index in [1.165, 1.54) is 23.5 Å². The van der Waals surface area contributed by atoms with Crippen LogP contribution in [0.1, 0.15) is 26.5 Å². The van der Waals surface area contributed by atoms with Gasteiger partial charge in [0.05, 0.1) is 28.8 Å². The quantitative estimate of drug-likeness (QED) is 0.599. The molecule has 1 amide bonds. The monoisotopic (exact) mass is 500 g/mol. The summed E-state index contributed by atoms with van der Waals surface area (Å²) in [6.07, 6.45) is 7.91. The smallest absolute Gasteiger partial charge is 0.264 e. The molecule has 7 nitrogen and oxygen atoms in total. The van der Waals surface area contributed by atoms with E-state index in [2.05, 4.69) is 11.4 Å². The zero-order valence-electron chi connectivity index (χ0n) is 19.8. The minimum atomic E-state index is -0.615. The number of nitriles is 2. The molecule has 0 bridgehead atoms. The Balaban J connectivity index is 1.75. The topological polar surface area (TPSA) is 107 Å². The standard InChI is InChI=1S/C27H25FN6OS/c1-32-17-21-13-19(5-6-24(21)31)26-22(18-3-4-20(16-30)23(28)14-18)15-25(36-26)27(35)34-9-2-8-33(10-7-29)11-12-34/h3-6,13-15,17,31-32H,2,8-12H2,1H3/b21-17-,31-24?. The minimum Gasteiger partial charge on any atom is -0.393 e. The highest BCUT2D eigenvalue weighted by atomic mass is 32.1. The Hall–Kier alpha value is -4.05. The predicted octanol–water partition coefficient (Wildman–Crippen LogP) is 4.17. The molecule has 4 rings (SSSR count). The van der Waals surface area contributed by atoms with Gasteiger partial charge in [-0.3, -0.25) is 9.69 Å². The fourth-order valence-corrected chi connectivity index (χ4v) is 5.41. The highest BCUT2D eigenvalue weighted by Gasteiger charge is 2.25. The lowest BCUT2D eigenvalue weighted by molar-refractivity contribution is 0.0767. The fraction of sp³-hybridized carbons (Fsp3) is 0.259. The number of amides is 1. The van der Waals surface area contributed by atoms with Crippen LogP contribution in [0.25, 0.3) is 16.7 Å². The molecular weight excluding hydrogens is 475 g/mol. The maximum absolute atomic E-state index is 14.5. The molecule has 182 valence electrons. The third-order valence-electron chi connectivity index (χ3n) is 6.13. The zero-order chi connectivity index (χ0) is 25.7. The van der Waals surface area contributed by atoms with Gasteiger partial charge in [-0.05, 0) is 47.9 Å². The predicted molar refractivity (Wildman–Crippen MR) is 139 cm³/mol. The van der Waals surface area contributed by atoms with Gasteiger partial charge in [0, 0.05) is 55.4 Å². The van der Waals surface area contributed by atoms with Gasteiger partial charge in [-0.2, -0.15) is 10.5 Å². The minimum absolute atomic E-state index is 0.0391. The molecule has 0 unspecified atom stereocenters. The number of hydrogen-bond donors (Lipinski definition) is 2. The summed E-state index contributed by atoms with van der Waals surface area (Å²) in [7, 11) is 1.76. The number of halogens is 1. The Morgan fingerprint density at radius 2 is 2.06 bits per heavy atom. The van der Waals surface area contributed by atoms with E-state index in [0.717, 1.165) is 23.4 Å². The van der Waals surface area contributed by atoms with Crippen molar-refractivity contribution in [2.45, 2.75) is 6.42 Å². The Morgan fingerprint density at radius 1 is 1.22 bits per heavy atom. The molecule has 1 saturated heterocycles. The van der Waals surface area contributed by atoms with Crippen molar-refractivity contribution in [3.05, 3.63) is 75.4 Å². The number of nitrogens with one attached hydrogen (secondary N) is 2. The van der Waals surface area contributed by atoms with E-state index in [1.54, 1.807) is 31.5 Å². The molecule has 0 radical (unpaired) electrons. The number of rotatable bonds is 5. The number of carbonyl (C=O) groups is 1. The van der Waals surface area contributed by atoms with Crippen molar-refractivity contribution in [2.24, 2.45) is 0 Å². The van der Waals surface area contributed by atoms with Crippen LogP contribution < -0.4 is 5.32 Å². The second-order valence-corrected chi connectivity index (χ2v) is 9.53. The van der Waals surface area contributed by atoms with Crippen LogP contribution in [0.3, 0.4) is 0 Å². The van der Waals surface area contributed by atoms with Crippen LogP contribution in [0, 0.1) is 33.9 Å². The van der Waals surface area contributed by atoms with Crippen LogP contribution in [-0.2, 0) is 0 Å². The van der Waals surface area contributed by atoms with Crippen LogP contribution in [-0.4, -0.2) is 61.2 Å². The number of hydrogen-bond acceptors (Lipinski definition) is 7. The van der Waals surface area contributed by atoms with Gasteiger partial charge in [0.1, 0.15) is 11.9 Å². The highest BCUT2D eigenvalue weighted by Crippen LogP contribution is 2.39. The SMILES string of the molecule is CN/C=C1/C=C(c2sc(C(=O)N3CCCN(CC#N)CC3)cc2-c2ccc(C#N)c(F)c2)C=CC1=N. The van der Waals surface area contributed by atoms with Gasteiger partial charge in [0.25, 0.3) is 5.91 Å². The summed E-state index contributed by atoms with van der Waals surface area (Å²) in [6.45, 7) is 2.89. The normalized spacial score (nSPS) is 17.3. The van der Waals surface area contributed by atoms with Crippen LogP contribution in [0.5, 0.6) is 0 Å². The molecule has 0 atom stereocenters. The van der Waals surface area contributed by atoms with Crippen molar-refractivity contribution in [3.63, 3.8) is 0 Å². The van der Waals surface area contributed by atoms with Gasteiger partial charge in [-0.1, -0.05) is 12.1 Å². The largest absolute Gasteiger partial charge is 0.393 e. The first kappa shape index (κ1) is 25.1. The van der Waals surface area contributed by atoms with Gasteiger partial charge >= 0.3 is 0 Å². The number of benzene rings is 1. The van der Waals surface area contributed by atoms with Crippen molar-refractivity contribution >= 4 is 28.5 Å². The molecule has 1 fully saturated rings. The Morgan fingerprint density at radius 3 is 2.78 bits per heavy atom. The third kappa shape index (κ3) is 5.28. The molecule has 1 aliphatic carbocycles. The average molecular weight is 501 g/mol. The van der Waals surface area contributed by atoms with Gasteiger partial charge in [0.15, 0.2) is 0 Å². The van der Waals surface area contributed by atoms with Crippen molar-refractivity contribution in [2.75, 3.05) is 39.8 Å². The zero-order valence-corrected chi connectivity index (χ0v) is 20.7. The van der Waals surface area contributed by atoms with E-state index in [1.807, 2.05) is 28.0 Å². The van der Waals surface area contributed by atoms with Gasteiger partial charge in [-0.25, -0.2) is 4.39 Å². The maximum Gasteiger partial charge on any atom is 0.264 e. The lowest BCUT2D eigenvalue weighted by atomic mass is 9.95. The summed E-state index contributed by atoms with van der Waals surface area (Å²) in [5.74, 6) is -0.713. The lowest BCUT2D eigenvalue weighted by Gasteiger charge is -2.20. The maximum atomic E-state index is 14.5. The molecule has 1 aliphatic heterocycles. The van der Waals surface area contributed by atoms with Crippen molar-refractivity contribution in [3.8, 4) is 23.3 Å². The third-order valence-corrected chi connectivity index (χ3v) is 7.30. The van der Waals surface area contributed by atoms with E-state index >= 15 is 0 Å². The lowest BCUT2D eigenvalue weighted by Crippen LogP contribution is -2.34. The number of carbonyl (C=O) groups excluding carboxylic acids is 1. The number of thiophene rings is 1. The first-order chi connectivity index (χ1) is 17.4. The fourth-order valence-electron chi connectivity index (χ4n) is 4.27. The van der Waals surface area contributed by atoms with Crippen LogP contribution >= 0.6 is 11.3 Å². The Kier molecular flexibility index (Phi) is 7.74. The molecule has 9 heteroatoms. The van der Waals surface area contributed by atoms with Crippen LogP contribution in [0.4, 0.5) is 4.39 Å². The molecule has 1 aromatic carbocycles. The first-order valence-electron chi connectivity index (χ1n) is 11.5. The summed E-state index contributed by atoms with van der Waals surface area (Å²) in [5.41, 5.74) is 3.09. The first-order valence-corrected chi connectivity index (χ1v) is 12.4. The summed E-state index contributed by atoms with van der Waals surface area (Å²) < 4.78 is 14.5. The van der Waals surface area contributed by atoms with Crippen LogP contribution in [0.15, 0.2) is 54.3 Å². The molecule has 2 heterocycles. The molecular formula is C27H25FN6OS. The molecule has 2 aromatic rings. The van der Waals surface area contributed by atoms with Crippen molar-refractivity contribution < 1.29 is 9.18 Å². The summed E-state index contributed by atoms with van der Waals surface area (Å²) in [4.78, 5) is 18.7. The Labute approximate surface area is 213 Å². The van der Waals surface area contributed by atoms with Crippen LogP contribution in [0.2, 0.25) is 0 Å². The molecule has 0 spiro atoms. The van der Waals surface area contributed by atoms with Gasteiger partial charge < -0.3 is 15.6 Å². The summed E-state index contributed by atoms with van der Waals surface area (Å²) in [5, 5.41) is 29.2. The molecule has 2 aliphatic rings. The second kappa shape index (κ2) is 11.1. The van der Waals surface area contributed by atoms with Crippen molar-refractivity contribution in [1.82, 2.24) is 15.1 Å². The van der Waals surface area contributed by atoms with Crippen molar-refractivity contribution in [1.29, 1.82) is 15.9 Å². The molecule has 1 aromatic heterocycles. The van der Waals surface area contributed by atoms with Gasteiger partial charge in [0.2, 0.25) is 0 Å². The molecule has 2 N–H and O–H groups in total. The van der Waals surface area contributed by atoms with E-state index in [4.69, 9.17) is 15.9 Å². The number of allylic oxidation sites excluding steroid dienone is 5. The number of nitrogens with zero attached hydrogens (tertiary/aromatic N) is 4. The average Bonchev–Trinajstić information content (AvgIpc) is 3.19. The summed E-state index contributed by atoms with van der Waals surface area (Å²) in [6, 6.07) is 10.3. The summed E-state index contributed by atoms with van der Waals surface area (Å²) >= 11 is 1.34. The van der Waals surface area contributed by atoms with E-state index in [-0.39, 0.29) is 11.5 Å². The highest BCUT2D eigenvalue weighted by molar-refractivity contribution is 7.15. The van der Waals surface area contributed by atoms with Gasteiger partial charge in [-0.15, -0.1) is 11.3 Å². The van der Waals surface area contributed by atoms with E-state index < -0.39 is 5.82 Å². The van der Waals surface area contributed by atoms with E-state index in [9.17, 15) is 9.18 Å². The molecule has 36 heavy (non-hydrogen) atoms. The second-order valence-electron chi connectivity index (χ2n) is 8.47. The van der Waals surface area contributed by atoms with E-state index in [0.29, 0.717) is 53.5 Å². The molecule has 0 saturated carbocycles.